The fourth-order valence-electron chi connectivity index (χ4n) is 1.85. The van der Waals surface area contributed by atoms with Gasteiger partial charge in [0.25, 0.3) is 0 Å². The lowest BCUT2D eigenvalue weighted by atomic mass is 9.87. The number of ether oxygens (including phenoxy) is 1. The molecule has 0 saturated carbocycles. The lowest BCUT2D eigenvalue weighted by Gasteiger charge is -2.23. The van der Waals surface area contributed by atoms with Gasteiger partial charge in [-0.05, 0) is 18.1 Å². The van der Waals surface area contributed by atoms with Crippen molar-refractivity contribution in [2.45, 2.75) is 31.7 Å². The minimum Gasteiger partial charge on any atom is -0.469 e. The summed E-state index contributed by atoms with van der Waals surface area (Å²) in [5, 5.41) is 0.0330. The van der Waals surface area contributed by atoms with Gasteiger partial charge in [0, 0.05) is 12.0 Å². The number of hydrogen-bond acceptors (Lipinski definition) is 3. The van der Waals surface area contributed by atoms with Gasteiger partial charge in [-0.25, -0.2) is 4.39 Å². The molecule has 100 valence electrons. The number of nitrogens with two attached hydrogens (primary N) is 1. The summed E-state index contributed by atoms with van der Waals surface area (Å²) >= 11 is 5.74. The van der Waals surface area contributed by atoms with Crippen LogP contribution >= 0.6 is 11.6 Å². The first-order valence-electron chi connectivity index (χ1n) is 5.77. The van der Waals surface area contributed by atoms with Gasteiger partial charge in [-0.1, -0.05) is 30.7 Å². The summed E-state index contributed by atoms with van der Waals surface area (Å²) in [7, 11) is 1.30. The van der Waals surface area contributed by atoms with Crippen LogP contribution in [0.25, 0.3) is 0 Å². The van der Waals surface area contributed by atoms with Crippen LogP contribution < -0.4 is 5.73 Å². The van der Waals surface area contributed by atoms with Crippen LogP contribution in [0.1, 0.15) is 31.2 Å². The summed E-state index contributed by atoms with van der Waals surface area (Å²) in [5.41, 5.74) is 6.32. The number of carbonyl (C=O) groups excluding carboxylic acids is 1. The number of carbonyl (C=O) groups is 1. The first-order valence-corrected chi connectivity index (χ1v) is 6.15. The fourth-order valence-corrected chi connectivity index (χ4v) is 2.03. The molecule has 3 nitrogen and oxygen atoms in total. The van der Waals surface area contributed by atoms with Crippen LogP contribution in [0.4, 0.5) is 4.39 Å². The molecule has 5 heteroatoms. The number of methoxy groups -OCH3 is 1. The third kappa shape index (κ3) is 3.43. The molecule has 0 spiro atoms. The van der Waals surface area contributed by atoms with Crippen LogP contribution in [-0.2, 0) is 9.53 Å². The highest BCUT2D eigenvalue weighted by atomic mass is 35.5. The Morgan fingerprint density at radius 2 is 2.22 bits per heavy atom. The van der Waals surface area contributed by atoms with Gasteiger partial charge in [-0.3, -0.25) is 4.79 Å². The number of benzene rings is 1. The van der Waals surface area contributed by atoms with E-state index in [-0.39, 0.29) is 17.5 Å². The first-order chi connectivity index (χ1) is 8.51. The van der Waals surface area contributed by atoms with Gasteiger partial charge in [-0.15, -0.1) is 0 Å². The monoisotopic (exact) mass is 273 g/mol. The average molecular weight is 274 g/mol. The molecule has 1 aromatic carbocycles. The molecule has 0 heterocycles. The van der Waals surface area contributed by atoms with E-state index < -0.39 is 17.7 Å². The van der Waals surface area contributed by atoms with Crippen LogP contribution in [0, 0.1) is 5.82 Å². The van der Waals surface area contributed by atoms with Gasteiger partial charge >= 0.3 is 5.97 Å². The number of hydrogen-bond donors (Lipinski definition) is 1. The van der Waals surface area contributed by atoms with Crippen LogP contribution in [0.3, 0.4) is 0 Å². The molecule has 0 amide bonds. The summed E-state index contributed by atoms with van der Waals surface area (Å²) in [5.74, 6) is -1.36. The highest BCUT2D eigenvalue weighted by molar-refractivity contribution is 6.30. The lowest BCUT2D eigenvalue weighted by molar-refractivity contribution is -0.141. The molecule has 2 atom stereocenters. The smallest absolute Gasteiger partial charge is 0.306 e. The van der Waals surface area contributed by atoms with Crippen molar-refractivity contribution < 1.29 is 13.9 Å². The van der Waals surface area contributed by atoms with E-state index in [0.29, 0.717) is 12.0 Å². The Kier molecular flexibility index (Phi) is 5.56. The van der Waals surface area contributed by atoms with E-state index in [0.717, 1.165) is 0 Å². The summed E-state index contributed by atoms with van der Waals surface area (Å²) in [4.78, 5) is 11.4. The van der Waals surface area contributed by atoms with E-state index in [4.69, 9.17) is 17.3 Å². The molecule has 2 unspecified atom stereocenters. The largest absolute Gasteiger partial charge is 0.469 e. The zero-order valence-corrected chi connectivity index (χ0v) is 11.2. The van der Waals surface area contributed by atoms with E-state index in [2.05, 4.69) is 4.74 Å². The molecule has 0 aromatic heterocycles. The maximum atomic E-state index is 14.0. The molecule has 0 aliphatic heterocycles. The Bertz CT molecular complexity index is 425. The van der Waals surface area contributed by atoms with Crippen LogP contribution in [0.5, 0.6) is 0 Å². The van der Waals surface area contributed by atoms with Gasteiger partial charge in [0.15, 0.2) is 0 Å². The molecule has 0 aliphatic rings. The molecule has 2 N–H and O–H groups in total. The minimum absolute atomic E-state index is 0.0330. The molecule has 1 aromatic rings. The van der Waals surface area contributed by atoms with Crippen molar-refractivity contribution in [3.63, 3.8) is 0 Å². The second-order valence-corrected chi connectivity index (χ2v) is 4.51. The van der Waals surface area contributed by atoms with E-state index >= 15 is 0 Å². The molecule has 0 aliphatic carbocycles. The fraction of sp³-hybridized carbons (Fsp3) is 0.462. The zero-order valence-electron chi connectivity index (χ0n) is 10.5. The molecular weight excluding hydrogens is 257 g/mol. The van der Waals surface area contributed by atoms with Gasteiger partial charge in [0.05, 0.1) is 18.6 Å². The van der Waals surface area contributed by atoms with Gasteiger partial charge in [0.1, 0.15) is 5.82 Å². The van der Waals surface area contributed by atoms with Gasteiger partial charge in [-0.2, -0.15) is 0 Å². The predicted octanol–water partition coefficient (Wildman–Crippen LogP) is 2.86. The standard InChI is InChI=1S/C13H17ClFNO2/c1-3-11(16)9(7-12(17)18-2)8-5-4-6-10(14)13(8)15/h4-6,9,11H,3,7,16H2,1-2H3. The first kappa shape index (κ1) is 14.9. The molecule has 18 heavy (non-hydrogen) atoms. The molecule has 1 rings (SSSR count). The summed E-state index contributed by atoms with van der Waals surface area (Å²) in [6, 6.07) is 4.39. The van der Waals surface area contributed by atoms with E-state index in [1.54, 1.807) is 12.1 Å². The lowest BCUT2D eigenvalue weighted by Crippen LogP contribution is -2.30. The third-order valence-corrected chi connectivity index (χ3v) is 3.28. The quantitative estimate of drug-likeness (QED) is 0.840. The van der Waals surface area contributed by atoms with Crippen molar-refractivity contribution in [3.8, 4) is 0 Å². The summed E-state index contributed by atoms with van der Waals surface area (Å²) in [6.45, 7) is 1.89. The number of halogens is 2. The second kappa shape index (κ2) is 6.71. The number of rotatable bonds is 5. The van der Waals surface area contributed by atoms with Gasteiger partial charge in [0.2, 0.25) is 0 Å². The Hall–Kier alpha value is -1.13. The predicted molar refractivity (Wildman–Crippen MR) is 69.1 cm³/mol. The van der Waals surface area contributed by atoms with E-state index in [1.165, 1.54) is 13.2 Å². The molecule has 0 radical (unpaired) electrons. The Balaban J connectivity index is 3.09. The van der Waals surface area contributed by atoms with E-state index in [9.17, 15) is 9.18 Å². The zero-order chi connectivity index (χ0) is 13.7. The maximum Gasteiger partial charge on any atom is 0.306 e. The molecule has 0 bridgehead atoms. The van der Waals surface area contributed by atoms with Crippen LogP contribution in [-0.4, -0.2) is 19.1 Å². The van der Waals surface area contributed by atoms with Crippen LogP contribution in [0.2, 0.25) is 5.02 Å². The minimum atomic E-state index is -0.517. The Morgan fingerprint density at radius 1 is 1.56 bits per heavy atom. The second-order valence-electron chi connectivity index (χ2n) is 4.10. The molecule has 0 saturated heterocycles. The third-order valence-electron chi connectivity index (χ3n) is 2.98. The van der Waals surface area contributed by atoms with Crippen molar-refractivity contribution in [3.05, 3.63) is 34.6 Å². The van der Waals surface area contributed by atoms with Crippen molar-refractivity contribution in [1.29, 1.82) is 0 Å². The highest BCUT2D eigenvalue weighted by Crippen LogP contribution is 2.30. The average Bonchev–Trinajstić information content (AvgIpc) is 2.38. The summed E-state index contributed by atoms with van der Waals surface area (Å²) < 4.78 is 18.6. The number of esters is 1. The highest BCUT2D eigenvalue weighted by Gasteiger charge is 2.25. The van der Waals surface area contributed by atoms with Crippen molar-refractivity contribution in [2.75, 3.05) is 7.11 Å². The van der Waals surface area contributed by atoms with Crippen molar-refractivity contribution in [1.82, 2.24) is 0 Å². The van der Waals surface area contributed by atoms with Crippen molar-refractivity contribution >= 4 is 17.6 Å². The van der Waals surface area contributed by atoms with Crippen LogP contribution in [0.15, 0.2) is 18.2 Å². The van der Waals surface area contributed by atoms with Gasteiger partial charge < -0.3 is 10.5 Å². The molecular formula is C13H17ClFNO2. The Morgan fingerprint density at radius 3 is 2.78 bits per heavy atom. The molecule has 0 fully saturated rings. The SMILES string of the molecule is CCC(N)C(CC(=O)OC)c1cccc(Cl)c1F. The Labute approximate surface area is 111 Å². The topological polar surface area (TPSA) is 52.3 Å². The van der Waals surface area contributed by atoms with E-state index in [1.807, 2.05) is 6.92 Å². The summed E-state index contributed by atoms with van der Waals surface area (Å²) in [6.07, 6.45) is 0.677. The maximum absolute atomic E-state index is 14.0. The normalized spacial score (nSPS) is 14.1. The van der Waals surface area contributed by atoms with Crippen molar-refractivity contribution in [2.24, 2.45) is 5.73 Å².